The van der Waals surface area contributed by atoms with Gasteiger partial charge in [-0.3, -0.25) is 0 Å². The van der Waals surface area contributed by atoms with Crippen LogP contribution < -0.4 is 0 Å². The minimum absolute atomic E-state index is 1.06. The zero-order valence-electron chi connectivity index (χ0n) is 7.75. The van der Waals surface area contributed by atoms with Gasteiger partial charge in [-0.05, 0) is 0 Å². The van der Waals surface area contributed by atoms with Crippen LogP contribution in [0.4, 0.5) is 0 Å². The van der Waals surface area contributed by atoms with Gasteiger partial charge in [0.1, 0.15) is 0 Å². The van der Waals surface area contributed by atoms with Gasteiger partial charge in [-0.15, -0.1) is 0 Å². The summed E-state index contributed by atoms with van der Waals surface area (Å²) in [6.45, 7) is 2.13. The summed E-state index contributed by atoms with van der Waals surface area (Å²) in [6.07, 6.45) is 0. The van der Waals surface area contributed by atoms with Crippen molar-refractivity contribution in [2.24, 2.45) is 0 Å². The van der Waals surface area contributed by atoms with E-state index >= 15 is 0 Å². The van der Waals surface area contributed by atoms with E-state index in [-0.39, 0.29) is 0 Å². The molecule has 1 aliphatic heterocycles. The van der Waals surface area contributed by atoms with Crippen molar-refractivity contribution in [1.29, 1.82) is 0 Å². The van der Waals surface area contributed by atoms with E-state index in [1.165, 1.54) is 0 Å². The number of hydrogen-bond acceptors (Lipinski definition) is 7. The summed E-state index contributed by atoms with van der Waals surface area (Å²) in [7, 11) is -4.24. The maximum absolute atomic E-state index is 10.8. The molecule has 8 nitrogen and oxygen atoms in total. The molecule has 0 spiro atoms. The first kappa shape index (κ1) is 11.4. The molecule has 0 aromatic rings. The van der Waals surface area contributed by atoms with Crippen molar-refractivity contribution in [3.8, 4) is 0 Å². The summed E-state index contributed by atoms with van der Waals surface area (Å²) < 4.78 is 13.4. The van der Waals surface area contributed by atoms with E-state index < -0.39 is 31.2 Å². The summed E-state index contributed by atoms with van der Waals surface area (Å²) in [4.78, 5) is 42.4. The first-order valence-electron chi connectivity index (χ1n) is 3.59. The molecule has 0 saturated carbocycles. The van der Waals surface area contributed by atoms with Crippen LogP contribution in [0.5, 0.6) is 0 Å². The number of aliphatic carboxylic acids is 1. The second kappa shape index (κ2) is 2.90. The Kier molecular flexibility index (Phi) is 2.20. The molecule has 0 atom stereocenters. The summed E-state index contributed by atoms with van der Waals surface area (Å²) in [5.74, 6) is -6.14. The van der Waals surface area contributed by atoms with Crippen LogP contribution in [0.25, 0.3) is 0 Å². The summed E-state index contributed by atoms with van der Waals surface area (Å²) in [5, 5.41) is 8.27. The van der Waals surface area contributed by atoms with E-state index in [4.69, 9.17) is 5.11 Å². The Hall–Kier alpha value is -1.69. The molecule has 0 aromatic carbocycles. The first-order chi connectivity index (χ1) is 6.62. The van der Waals surface area contributed by atoms with Crippen molar-refractivity contribution in [3.63, 3.8) is 0 Å². The Morgan fingerprint density at radius 2 is 1.60 bits per heavy atom. The molecule has 84 valence electrons. The summed E-state index contributed by atoms with van der Waals surface area (Å²) in [6, 6.07) is 0. The standard InChI is InChI=1S/C6H7O8P/c1-15(2,12-4(9)3(7)8)13-5(10)6(11)14-15/h1-2H3,(H,7,8). The van der Waals surface area contributed by atoms with E-state index in [2.05, 4.69) is 13.6 Å². The fraction of sp³-hybridized carbons (Fsp3) is 0.333. The van der Waals surface area contributed by atoms with Crippen LogP contribution >= 0.6 is 7.28 Å². The number of carboxylic acids is 1. The van der Waals surface area contributed by atoms with Gasteiger partial charge >= 0.3 is 82.3 Å². The molecule has 0 bridgehead atoms. The predicted molar refractivity (Wildman–Crippen MR) is 44.7 cm³/mol. The number of carbonyl (C=O) groups excluding carboxylic acids is 3. The quantitative estimate of drug-likeness (QED) is 0.469. The van der Waals surface area contributed by atoms with Crippen LogP contribution in [0, 0.1) is 0 Å². The van der Waals surface area contributed by atoms with Gasteiger partial charge in [0.2, 0.25) is 0 Å². The van der Waals surface area contributed by atoms with E-state index in [0.29, 0.717) is 0 Å². The fourth-order valence-corrected chi connectivity index (χ4v) is 2.61. The zero-order chi connectivity index (χ0) is 11.9. The van der Waals surface area contributed by atoms with Crippen molar-refractivity contribution in [2.75, 3.05) is 13.3 Å². The third-order valence-electron chi connectivity index (χ3n) is 1.36. The van der Waals surface area contributed by atoms with Gasteiger partial charge < -0.3 is 0 Å². The summed E-state index contributed by atoms with van der Waals surface area (Å²) >= 11 is 0. The van der Waals surface area contributed by atoms with E-state index in [1.54, 1.807) is 0 Å². The van der Waals surface area contributed by atoms with E-state index in [9.17, 15) is 19.2 Å². The second-order valence-corrected chi connectivity index (χ2v) is 7.29. The fourth-order valence-electron chi connectivity index (χ4n) is 0.870. The molecule has 15 heavy (non-hydrogen) atoms. The van der Waals surface area contributed by atoms with Crippen LogP contribution in [-0.2, 0) is 32.7 Å². The van der Waals surface area contributed by atoms with Gasteiger partial charge in [0.25, 0.3) is 0 Å². The third-order valence-corrected chi connectivity index (χ3v) is 3.40. The van der Waals surface area contributed by atoms with Crippen molar-refractivity contribution in [3.05, 3.63) is 0 Å². The Morgan fingerprint density at radius 1 is 1.20 bits per heavy atom. The predicted octanol–water partition coefficient (Wildman–Crippen LogP) is -0.728. The molecule has 0 amide bonds. The molecule has 1 heterocycles. The second-order valence-electron chi connectivity index (χ2n) is 3.21. The molecule has 0 unspecified atom stereocenters. The topological polar surface area (TPSA) is 116 Å². The van der Waals surface area contributed by atoms with Crippen LogP contribution in [0.2, 0.25) is 0 Å². The Balaban J connectivity index is 2.92. The van der Waals surface area contributed by atoms with Crippen LogP contribution in [0.15, 0.2) is 0 Å². The van der Waals surface area contributed by atoms with Crippen molar-refractivity contribution in [1.82, 2.24) is 0 Å². The molecule has 0 radical (unpaired) electrons. The van der Waals surface area contributed by atoms with Crippen LogP contribution in [0.1, 0.15) is 0 Å². The molecule has 1 N–H and O–H groups in total. The normalized spacial score (nSPS) is 24.3. The molecule has 9 heteroatoms. The SMILES string of the molecule is CP1(C)(OC(=O)C(=O)O)OC(=O)C(=O)O1. The number of hydrogen-bond donors (Lipinski definition) is 1. The van der Waals surface area contributed by atoms with Gasteiger partial charge in [-0.2, -0.15) is 0 Å². The number of carbonyl (C=O) groups is 4. The molecule has 0 aromatic heterocycles. The minimum atomic E-state index is -4.24. The molecular weight excluding hydrogens is 231 g/mol. The van der Waals surface area contributed by atoms with Gasteiger partial charge in [0, 0.05) is 0 Å². The Morgan fingerprint density at radius 3 is 1.93 bits per heavy atom. The molecule has 0 aliphatic carbocycles. The van der Waals surface area contributed by atoms with Crippen LogP contribution in [-0.4, -0.2) is 42.3 Å². The molecule has 1 fully saturated rings. The van der Waals surface area contributed by atoms with Gasteiger partial charge in [0.15, 0.2) is 0 Å². The van der Waals surface area contributed by atoms with Crippen molar-refractivity contribution >= 4 is 31.2 Å². The molecular formula is C6H7O8P. The number of carboxylic acid groups (broad SMARTS) is 1. The zero-order valence-corrected chi connectivity index (χ0v) is 8.65. The molecule has 1 rings (SSSR count). The van der Waals surface area contributed by atoms with Gasteiger partial charge in [-0.1, -0.05) is 0 Å². The monoisotopic (exact) mass is 238 g/mol. The van der Waals surface area contributed by atoms with E-state index in [1.807, 2.05) is 0 Å². The van der Waals surface area contributed by atoms with Crippen molar-refractivity contribution in [2.45, 2.75) is 0 Å². The Labute approximate surface area is 83.3 Å². The molecule has 1 saturated heterocycles. The first-order valence-corrected chi connectivity index (χ1v) is 6.48. The Bertz CT molecular complexity index is 363. The average molecular weight is 238 g/mol. The number of rotatable bonds is 1. The van der Waals surface area contributed by atoms with Crippen LogP contribution in [0.3, 0.4) is 0 Å². The average Bonchev–Trinajstić information content (AvgIpc) is 2.20. The maximum atomic E-state index is 10.8. The van der Waals surface area contributed by atoms with E-state index in [0.717, 1.165) is 13.3 Å². The van der Waals surface area contributed by atoms with Gasteiger partial charge in [-0.25, -0.2) is 0 Å². The third kappa shape index (κ3) is 2.21. The summed E-state index contributed by atoms with van der Waals surface area (Å²) in [5.41, 5.74) is 0. The van der Waals surface area contributed by atoms with Crippen molar-refractivity contribution < 1.29 is 37.9 Å². The van der Waals surface area contributed by atoms with Gasteiger partial charge in [0.05, 0.1) is 0 Å². The molecule has 1 aliphatic rings.